The molecule has 3 nitrogen and oxygen atoms in total. The smallest absolute Gasteiger partial charge is 0.118 e. The van der Waals surface area contributed by atoms with Crippen molar-refractivity contribution in [1.29, 1.82) is 0 Å². The summed E-state index contributed by atoms with van der Waals surface area (Å²) in [5.74, 6) is 0.868. The van der Waals surface area contributed by atoms with Gasteiger partial charge in [0.05, 0.1) is 0 Å². The molecule has 2 saturated carbocycles. The third-order valence-corrected chi connectivity index (χ3v) is 5.30. The number of nitrogens with zero attached hydrogens (tertiary/aromatic N) is 2. The Kier molecular flexibility index (Phi) is 4.83. The number of hydrogen-bond donors (Lipinski definition) is 1. The summed E-state index contributed by atoms with van der Waals surface area (Å²) >= 11 is 1.84. The van der Waals surface area contributed by atoms with E-state index in [9.17, 15) is 0 Å². The van der Waals surface area contributed by atoms with Gasteiger partial charge in [0.15, 0.2) is 0 Å². The predicted molar refractivity (Wildman–Crippen MR) is 79.5 cm³/mol. The fraction of sp³-hybridized carbons (Fsp3) is 0.867. The summed E-state index contributed by atoms with van der Waals surface area (Å²) in [4.78, 5) is 0. The summed E-state index contributed by atoms with van der Waals surface area (Å²) in [6, 6.07) is 0.804. The molecule has 2 fully saturated rings. The highest BCUT2D eigenvalue weighted by Gasteiger charge is 2.20. The lowest BCUT2D eigenvalue weighted by molar-refractivity contribution is 0.456. The molecule has 1 aromatic heterocycles. The zero-order valence-electron chi connectivity index (χ0n) is 11.7. The summed E-state index contributed by atoms with van der Waals surface area (Å²) in [5, 5.41) is 14.8. The molecule has 1 N–H and O–H groups in total. The van der Waals surface area contributed by atoms with E-state index in [1.54, 1.807) is 0 Å². The van der Waals surface area contributed by atoms with E-state index >= 15 is 0 Å². The lowest BCUT2D eigenvalue weighted by Gasteiger charge is -2.10. The first-order chi connectivity index (χ1) is 9.40. The van der Waals surface area contributed by atoms with Gasteiger partial charge in [0.1, 0.15) is 10.0 Å². The number of nitrogens with one attached hydrogen (secondary N) is 1. The van der Waals surface area contributed by atoms with Crippen LogP contribution in [0.1, 0.15) is 61.4 Å². The molecule has 0 bridgehead atoms. The SMILES string of the molecule is C1CCCC(Cc2nnc(CCNC3CC3)s2)CC1. The minimum absolute atomic E-state index is 0.804. The minimum Gasteiger partial charge on any atom is -0.314 e. The van der Waals surface area contributed by atoms with Crippen LogP contribution in [0.2, 0.25) is 0 Å². The van der Waals surface area contributed by atoms with Crippen LogP contribution in [-0.4, -0.2) is 22.8 Å². The Bertz CT molecular complexity index is 378. The van der Waals surface area contributed by atoms with Gasteiger partial charge < -0.3 is 5.32 Å². The van der Waals surface area contributed by atoms with Crippen LogP contribution in [-0.2, 0) is 12.8 Å². The summed E-state index contributed by atoms with van der Waals surface area (Å²) in [6.45, 7) is 1.07. The van der Waals surface area contributed by atoms with Crippen molar-refractivity contribution in [1.82, 2.24) is 15.5 Å². The lowest BCUT2D eigenvalue weighted by atomic mass is 9.97. The maximum atomic E-state index is 4.40. The molecule has 0 spiro atoms. The summed E-state index contributed by atoms with van der Waals surface area (Å²) in [5.41, 5.74) is 0. The van der Waals surface area contributed by atoms with Crippen molar-refractivity contribution in [3.8, 4) is 0 Å². The van der Waals surface area contributed by atoms with Crippen LogP contribution in [0.15, 0.2) is 0 Å². The zero-order valence-corrected chi connectivity index (χ0v) is 12.6. The van der Waals surface area contributed by atoms with Gasteiger partial charge in [-0.15, -0.1) is 21.5 Å². The van der Waals surface area contributed by atoms with E-state index in [1.807, 2.05) is 11.3 Å². The topological polar surface area (TPSA) is 37.8 Å². The van der Waals surface area contributed by atoms with E-state index in [1.165, 1.54) is 67.8 Å². The molecule has 0 radical (unpaired) electrons. The van der Waals surface area contributed by atoms with E-state index in [2.05, 4.69) is 15.5 Å². The fourth-order valence-corrected chi connectivity index (χ4v) is 3.92. The average Bonchev–Trinajstić information content (AvgIpc) is 3.17. The van der Waals surface area contributed by atoms with Gasteiger partial charge in [0, 0.05) is 25.4 Å². The summed E-state index contributed by atoms with van der Waals surface area (Å²) < 4.78 is 0. The third kappa shape index (κ3) is 4.53. The summed E-state index contributed by atoms with van der Waals surface area (Å²) in [7, 11) is 0. The van der Waals surface area contributed by atoms with Crippen LogP contribution in [0, 0.1) is 5.92 Å². The van der Waals surface area contributed by atoms with Gasteiger partial charge in [-0.3, -0.25) is 0 Å². The van der Waals surface area contributed by atoms with Crippen molar-refractivity contribution in [2.24, 2.45) is 5.92 Å². The van der Waals surface area contributed by atoms with Crippen LogP contribution in [0.3, 0.4) is 0 Å². The molecule has 0 aliphatic heterocycles. The normalized spacial score (nSPS) is 21.5. The van der Waals surface area contributed by atoms with Crippen molar-refractivity contribution in [3.63, 3.8) is 0 Å². The minimum atomic E-state index is 0.804. The molecule has 0 saturated heterocycles. The highest BCUT2D eigenvalue weighted by molar-refractivity contribution is 7.11. The molecular formula is C15H25N3S. The first-order valence-corrected chi connectivity index (χ1v) is 8.76. The van der Waals surface area contributed by atoms with Crippen molar-refractivity contribution in [3.05, 3.63) is 10.0 Å². The van der Waals surface area contributed by atoms with Gasteiger partial charge in [-0.25, -0.2) is 0 Å². The first-order valence-electron chi connectivity index (χ1n) is 7.95. The van der Waals surface area contributed by atoms with Gasteiger partial charge in [-0.1, -0.05) is 38.5 Å². The van der Waals surface area contributed by atoms with Crippen molar-refractivity contribution in [2.45, 2.75) is 70.3 Å². The zero-order chi connectivity index (χ0) is 12.9. The second-order valence-electron chi connectivity index (χ2n) is 6.13. The Morgan fingerprint density at radius 1 is 0.947 bits per heavy atom. The van der Waals surface area contributed by atoms with Crippen LogP contribution in [0.4, 0.5) is 0 Å². The quantitative estimate of drug-likeness (QED) is 0.812. The Morgan fingerprint density at radius 3 is 2.42 bits per heavy atom. The maximum absolute atomic E-state index is 4.40. The molecule has 1 heterocycles. The van der Waals surface area contributed by atoms with E-state index < -0.39 is 0 Å². The summed E-state index contributed by atoms with van der Waals surface area (Å²) in [6.07, 6.45) is 13.5. The van der Waals surface area contributed by atoms with Gasteiger partial charge >= 0.3 is 0 Å². The molecule has 0 aromatic carbocycles. The largest absolute Gasteiger partial charge is 0.314 e. The molecule has 2 aliphatic rings. The van der Waals surface area contributed by atoms with E-state index in [4.69, 9.17) is 0 Å². The van der Waals surface area contributed by atoms with Gasteiger partial charge in [-0.2, -0.15) is 0 Å². The Hall–Kier alpha value is -0.480. The Morgan fingerprint density at radius 2 is 1.68 bits per heavy atom. The average molecular weight is 279 g/mol. The molecule has 0 unspecified atom stereocenters. The Labute approximate surface area is 120 Å². The molecule has 4 heteroatoms. The van der Waals surface area contributed by atoms with Crippen LogP contribution in [0.5, 0.6) is 0 Å². The molecule has 106 valence electrons. The maximum Gasteiger partial charge on any atom is 0.118 e. The van der Waals surface area contributed by atoms with Gasteiger partial charge in [-0.05, 0) is 18.8 Å². The van der Waals surface area contributed by atoms with E-state index in [-0.39, 0.29) is 0 Å². The number of rotatable bonds is 6. The van der Waals surface area contributed by atoms with Crippen LogP contribution >= 0.6 is 11.3 Å². The molecule has 2 aliphatic carbocycles. The highest BCUT2D eigenvalue weighted by Crippen LogP contribution is 2.27. The lowest BCUT2D eigenvalue weighted by Crippen LogP contribution is -2.19. The van der Waals surface area contributed by atoms with Crippen molar-refractivity contribution in [2.75, 3.05) is 6.54 Å². The number of aromatic nitrogens is 2. The molecular weight excluding hydrogens is 254 g/mol. The second-order valence-corrected chi connectivity index (χ2v) is 7.28. The van der Waals surface area contributed by atoms with Gasteiger partial charge in [0.25, 0.3) is 0 Å². The second kappa shape index (κ2) is 6.80. The van der Waals surface area contributed by atoms with Crippen LogP contribution in [0.25, 0.3) is 0 Å². The molecule has 0 amide bonds. The van der Waals surface area contributed by atoms with Crippen LogP contribution < -0.4 is 5.32 Å². The number of hydrogen-bond acceptors (Lipinski definition) is 4. The molecule has 19 heavy (non-hydrogen) atoms. The first kappa shape index (κ1) is 13.5. The third-order valence-electron chi connectivity index (χ3n) is 4.30. The van der Waals surface area contributed by atoms with Crippen molar-refractivity contribution >= 4 is 11.3 Å². The van der Waals surface area contributed by atoms with E-state index in [0.29, 0.717) is 0 Å². The monoisotopic (exact) mass is 279 g/mol. The molecule has 3 rings (SSSR count). The predicted octanol–water partition coefficient (Wildman–Crippen LogP) is 3.35. The molecule has 0 atom stereocenters. The van der Waals surface area contributed by atoms with E-state index in [0.717, 1.165) is 24.9 Å². The Balaban J connectivity index is 1.43. The standard InChI is InChI=1S/C15H25N3S/c1-2-4-6-12(5-3-1)11-15-18-17-14(19-15)9-10-16-13-7-8-13/h12-13,16H,1-11H2. The van der Waals surface area contributed by atoms with Gasteiger partial charge in [0.2, 0.25) is 0 Å². The fourth-order valence-electron chi connectivity index (χ4n) is 2.96. The molecule has 1 aromatic rings. The highest BCUT2D eigenvalue weighted by atomic mass is 32.1. The van der Waals surface area contributed by atoms with Crippen molar-refractivity contribution < 1.29 is 0 Å².